The minimum atomic E-state index is 0.627. The predicted octanol–water partition coefficient (Wildman–Crippen LogP) is 3.15. The molecule has 0 aliphatic carbocycles. The van der Waals surface area contributed by atoms with E-state index in [0.717, 1.165) is 13.0 Å². The molecule has 0 spiro atoms. The Morgan fingerprint density at radius 3 is 2.29 bits per heavy atom. The van der Waals surface area contributed by atoms with Gasteiger partial charge in [0.15, 0.2) is 0 Å². The number of hydrogen-bond donors (Lipinski definition) is 0. The van der Waals surface area contributed by atoms with Crippen LogP contribution in [0, 0.1) is 11.8 Å². The van der Waals surface area contributed by atoms with Gasteiger partial charge in [-0.3, -0.25) is 0 Å². The van der Waals surface area contributed by atoms with E-state index in [1.807, 2.05) is 0 Å². The Kier molecular flexibility index (Phi) is 4.68. The summed E-state index contributed by atoms with van der Waals surface area (Å²) in [7, 11) is 1.78. The van der Waals surface area contributed by atoms with Gasteiger partial charge in [0, 0.05) is 13.7 Å². The molecule has 0 fully saturated rings. The Hall–Kier alpha value is -0.820. The van der Waals surface area contributed by atoms with Crippen LogP contribution in [0.4, 0.5) is 0 Å². The second-order valence-electron chi connectivity index (χ2n) is 4.15. The van der Waals surface area contributed by atoms with Gasteiger partial charge in [-0.05, 0) is 23.8 Å². The van der Waals surface area contributed by atoms with Gasteiger partial charge in [-0.25, -0.2) is 0 Å². The summed E-state index contributed by atoms with van der Waals surface area (Å²) in [5.41, 5.74) is 1.41. The maximum absolute atomic E-state index is 5.24. The van der Waals surface area contributed by atoms with E-state index in [-0.39, 0.29) is 0 Å². The van der Waals surface area contributed by atoms with Crippen molar-refractivity contribution in [2.45, 2.75) is 20.3 Å². The molecule has 0 saturated heterocycles. The minimum absolute atomic E-state index is 0.627. The molecule has 1 atom stereocenters. The van der Waals surface area contributed by atoms with Gasteiger partial charge in [0.2, 0.25) is 0 Å². The summed E-state index contributed by atoms with van der Waals surface area (Å²) in [5, 5.41) is 0. The monoisotopic (exact) mass is 192 g/mol. The van der Waals surface area contributed by atoms with Crippen molar-refractivity contribution >= 4 is 0 Å². The number of benzene rings is 1. The van der Waals surface area contributed by atoms with E-state index in [9.17, 15) is 0 Å². The highest BCUT2D eigenvalue weighted by Crippen LogP contribution is 2.17. The first kappa shape index (κ1) is 11.3. The van der Waals surface area contributed by atoms with Crippen LogP contribution < -0.4 is 0 Å². The lowest BCUT2D eigenvalue weighted by Crippen LogP contribution is -2.17. The van der Waals surface area contributed by atoms with Crippen LogP contribution in [0.2, 0.25) is 0 Å². The maximum atomic E-state index is 5.24. The van der Waals surface area contributed by atoms with E-state index in [1.165, 1.54) is 5.56 Å². The van der Waals surface area contributed by atoms with Crippen molar-refractivity contribution in [2.75, 3.05) is 13.7 Å². The normalized spacial score (nSPS) is 13.1. The summed E-state index contributed by atoms with van der Waals surface area (Å²) in [6.07, 6.45) is 1.12. The van der Waals surface area contributed by atoms with Crippen molar-refractivity contribution in [2.24, 2.45) is 11.8 Å². The molecule has 1 unspecified atom stereocenters. The van der Waals surface area contributed by atoms with Crippen LogP contribution in [0.15, 0.2) is 30.3 Å². The molecule has 14 heavy (non-hydrogen) atoms. The molecular formula is C13H20O. The van der Waals surface area contributed by atoms with Crippen molar-refractivity contribution in [1.29, 1.82) is 0 Å². The summed E-state index contributed by atoms with van der Waals surface area (Å²) < 4.78 is 5.24. The van der Waals surface area contributed by atoms with Crippen molar-refractivity contribution in [3.63, 3.8) is 0 Å². The Bertz CT molecular complexity index is 241. The molecule has 1 rings (SSSR count). The van der Waals surface area contributed by atoms with E-state index in [1.54, 1.807) is 7.11 Å². The standard InChI is InChI=1S/C13H20O/c1-11(2)13(10-14-3)9-12-7-5-4-6-8-12/h4-8,11,13H,9-10H2,1-3H3. The third-order valence-electron chi connectivity index (χ3n) is 2.66. The summed E-state index contributed by atoms with van der Waals surface area (Å²) in [6, 6.07) is 10.6. The fourth-order valence-corrected chi connectivity index (χ4v) is 1.62. The van der Waals surface area contributed by atoms with E-state index in [0.29, 0.717) is 11.8 Å². The average molecular weight is 192 g/mol. The van der Waals surface area contributed by atoms with Crippen molar-refractivity contribution in [3.05, 3.63) is 35.9 Å². The molecule has 0 radical (unpaired) electrons. The molecule has 1 heteroatoms. The molecule has 0 heterocycles. The number of ether oxygens (including phenoxy) is 1. The first-order valence-corrected chi connectivity index (χ1v) is 5.27. The Morgan fingerprint density at radius 2 is 1.79 bits per heavy atom. The third-order valence-corrected chi connectivity index (χ3v) is 2.66. The molecule has 1 aromatic carbocycles. The van der Waals surface area contributed by atoms with Crippen LogP contribution in [0.3, 0.4) is 0 Å². The Balaban J connectivity index is 2.55. The molecule has 0 amide bonds. The molecule has 78 valence electrons. The first-order valence-electron chi connectivity index (χ1n) is 5.27. The molecular weight excluding hydrogens is 172 g/mol. The SMILES string of the molecule is COCC(Cc1ccccc1)C(C)C. The highest BCUT2D eigenvalue weighted by Gasteiger charge is 2.13. The van der Waals surface area contributed by atoms with Gasteiger partial charge >= 0.3 is 0 Å². The van der Waals surface area contributed by atoms with Crippen LogP contribution in [0.1, 0.15) is 19.4 Å². The zero-order valence-corrected chi connectivity index (χ0v) is 9.36. The fraction of sp³-hybridized carbons (Fsp3) is 0.538. The topological polar surface area (TPSA) is 9.23 Å². The number of methoxy groups -OCH3 is 1. The maximum Gasteiger partial charge on any atom is 0.0496 e. The zero-order valence-electron chi connectivity index (χ0n) is 9.36. The molecule has 0 N–H and O–H groups in total. The predicted molar refractivity (Wildman–Crippen MR) is 60.4 cm³/mol. The number of hydrogen-bond acceptors (Lipinski definition) is 1. The van der Waals surface area contributed by atoms with Gasteiger partial charge in [0.1, 0.15) is 0 Å². The number of rotatable bonds is 5. The minimum Gasteiger partial charge on any atom is -0.384 e. The lowest BCUT2D eigenvalue weighted by Gasteiger charge is -2.19. The van der Waals surface area contributed by atoms with Gasteiger partial charge in [0.05, 0.1) is 0 Å². The summed E-state index contributed by atoms with van der Waals surface area (Å²) in [5.74, 6) is 1.30. The third kappa shape index (κ3) is 3.51. The lowest BCUT2D eigenvalue weighted by atomic mass is 9.90. The first-order chi connectivity index (χ1) is 6.74. The molecule has 0 aliphatic rings. The quantitative estimate of drug-likeness (QED) is 0.696. The van der Waals surface area contributed by atoms with Crippen LogP contribution >= 0.6 is 0 Å². The largest absolute Gasteiger partial charge is 0.384 e. The Labute approximate surface area is 87.1 Å². The van der Waals surface area contributed by atoms with Crippen LogP contribution in [0.5, 0.6) is 0 Å². The second-order valence-corrected chi connectivity index (χ2v) is 4.15. The summed E-state index contributed by atoms with van der Waals surface area (Å²) in [6.45, 7) is 5.37. The van der Waals surface area contributed by atoms with Crippen molar-refractivity contribution in [3.8, 4) is 0 Å². The average Bonchev–Trinajstić information content (AvgIpc) is 2.18. The van der Waals surface area contributed by atoms with Crippen LogP contribution in [0.25, 0.3) is 0 Å². The fourth-order valence-electron chi connectivity index (χ4n) is 1.62. The van der Waals surface area contributed by atoms with Crippen LogP contribution in [-0.2, 0) is 11.2 Å². The van der Waals surface area contributed by atoms with E-state index in [4.69, 9.17) is 4.74 Å². The molecule has 0 bridgehead atoms. The highest BCUT2D eigenvalue weighted by molar-refractivity contribution is 5.15. The molecule has 1 nitrogen and oxygen atoms in total. The zero-order chi connectivity index (χ0) is 10.4. The van der Waals surface area contributed by atoms with E-state index >= 15 is 0 Å². The summed E-state index contributed by atoms with van der Waals surface area (Å²) in [4.78, 5) is 0. The van der Waals surface area contributed by atoms with Crippen molar-refractivity contribution < 1.29 is 4.74 Å². The van der Waals surface area contributed by atoms with Gasteiger partial charge < -0.3 is 4.74 Å². The van der Waals surface area contributed by atoms with Gasteiger partial charge in [0.25, 0.3) is 0 Å². The second kappa shape index (κ2) is 5.82. The Morgan fingerprint density at radius 1 is 1.14 bits per heavy atom. The van der Waals surface area contributed by atoms with E-state index < -0.39 is 0 Å². The van der Waals surface area contributed by atoms with E-state index in [2.05, 4.69) is 44.2 Å². The molecule has 0 aliphatic heterocycles. The highest BCUT2D eigenvalue weighted by atomic mass is 16.5. The van der Waals surface area contributed by atoms with Crippen molar-refractivity contribution in [1.82, 2.24) is 0 Å². The molecule has 1 aromatic rings. The molecule has 0 aromatic heterocycles. The van der Waals surface area contributed by atoms with Crippen LogP contribution in [-0.4, -0.2) is 13.7 Å². The summed E-state index contributed by atoms with van der Waals surface area (Å²) >= 11 is 0. The molecule has 0 saturated carbocycles. The van der Waals surface area contributed by atoms with Gasteiger partial charge in [-0.1, -0.05) is 44.2 Å². The van der Waals surface area contributed by atoms with Gasteiger partial charge in [-0.2, -0.15) is 0 Å². The lowest BCUT2D eigenvalue weighted by molar-refractivity contribution is 0.129. The van der Waals surface area contributed by atoms with Gasteiger partial charge in [-0.15, -0.1) is 0 Å². The smallest absolute Gasteiger partial charge is 0.0496 e.